The maximum absolute atomic E-state index is 5.48. The summed E-state index contributed by atoms with van der Waals surface area (Å²) < 4.78 is 5.48. The monoisotopic (exact) mass is 247 g/mol. The maximum atomic E-state index is 5.48. The molecule has 0 bridgehead atoms. The van der Waals surface area contributed by atoms with E-state index in [4.69, 9.17) is 4.74 Å². The van der Waals surface area contributed by atoms with Crippen molar-refractivity contribution in [2.24, 2.45) is 5.92 Å². The lowest BCUT2D eigenvalue weighted by Gasteiger charge is -2.21. The van der Waals surface area contributed by atoms with Crippen LogP contribution in [-0.4, -0.2) is 25.8 Å². The summed E-state index contributed by atoms with van der Waals surface area (Å²) in [6.07, 6.45) is 3.60. The number of nitrogens with one attached hydrogen (secondary N) is 1. The van der Waals surface area contributed by atoms with Gasteiger partial charge in [0.05, 0.1) is 0 Å². The number of likely N-dealkylation sites (N-methyl/N-ethyl adjacent to an activating group) is 1. The quantitative estimate of drug-likeness (QED) is 0.834. The van der Waals surface area contributed by atoms with E-state index in [0.29, 0.717) is 6.04 Å². The Balaban J connectivity index is 1.92. The highest BCUT2D eigenvalue weighted by Crippen LogP contribution is 2.20. The Labute approximate surface area is 111 Å². The molecule has 0 aliphatic carbocycles. The first-order chi connectivity index (χ1) is 8.78. The normalized spacial score (nSPS) is 21.1. The summed E-state index contributed by atoms with van der Waals surface area (Å²) >= 11 is 0. The van der Waals surface area contributed by atoms with Crippen LogP contribution in [0.15, 0.2) is 24.3 Å². The fraction of sp³-hybridized carbons (Fsp3) is 0.625. The molecule has 2 unspecified atom stereocenters. The van der Waals surface area contributed by atoms with E-state index < -0.39 is 0 Å². The first-order valence-electron chi connectivity index (χ1n) is 7.14. The second kappa shape index (κ2) is 6.91. The third-order valence-corrected chi connectivity index (χ3v) is 3.70. The molecule has 1 aromatic rings. The standard InChI is InChI=1S/C16H25NO/c1-3-17-16(11-15-7-8-18-12-15)10-14-6-4-5-13(2)9-14/h4-6,9,15-17H,3,7-8,10-12H2,1-2H3. The van der Waals surface area contributed by atoms with Crippen LogP contribution in [0.1, 0.15) is 30.9 Å². The van der Waals surface area contributed by atoms with Crippen molar-refractivity contribution in [3.05, 3.63) is 35.4 Å². The Hall–Kier alpha value is -0.860. The molecule has 1 aliphatic heterocycles. The van der Waals surface area contributed by atoms with Crippen molar-refractivity contribution in [2.75, 3.05) is 19.8 Å². The molecule has 1 saturated heterocycles. The maximum Gasteiger partial charge on any atom is 0.0495 e. The largest absolute Gasteiger partial charge is 0.381 e. The van der Waals surface area contributed by atoms with Gasteiger partial charge in [-0.15, -0.1) is 0 Å². The molecule has 100 valence electrons. The summed E-state index contributed by atoms with van der Waals surface area (Å²) in [5.41, 5.74) is 2.80. The molecular weight excluding hydrogens is 222 g/mol. The Morgan fingerprint density at radius 1 is 1.44 bits per heavy atom. The van der Waals surface area contributed by atoms with Crippen LogP contribution < -0.4 is 5.32 Å². The lowest BCUT2D eigenvalue weighted by atomic mass is 9.94. The van der Waals surface area contributed by atoms with Gasteiger partial charge >= 0.3 is 0 Å². The van der Waals surface area contributed by atoms with Crippen molar-refractivity contribution >= 4 is 0 Å². The van der Waals surface area contributed by atoms with Crippen LogP contribution in [0.3, 0.4) is 0 Å². The molecule has 18 heavy (non-hydrogen) atoms. The second-order valence-corrected chi connectivity index (χ2v) is 5.41. The zero-order chi connectivity index (χ0) is 12.8. The van der Waals surface area contributed by atoms with Crippen molar-refractivity contribution in [3.8, 4) is 0 Å². The van der Waals surface area contributed by atoms with E-state index in [1.165, 1.54) is 24.0 Å². The molecule has 0 aromatic heterocycles. The van der Waals surface area contributed by atoms with Crippen LogP contribution in [0.4, 0.5) is 0 Å². The van der Waals surface area contributed by atoms with E-state index >= 15 is 0 Å². The summed E-state index contributed by atoms with van der Waals surface area (Å²) in [7, 11) is 0. The predicted octanol–water partition coefficient (Wildman–Crippen LogP) is 2.94. The van der Waals surface area contributed by atoms with Gasteiger partial charge in [0.1, 0.15) is 0 Å². The van der Waals surface area contributed by atoms with Crippen LogP contribution in [0.2, 0.25) is 0 Å². The van der Waals surface area contributed by atoms with Gasteiger partial charge in [0, 0.05) is 19.3 Å². The molecule has 2 nitrogen and oxygen atoms in total. The Bertz CT molecular complexity index is 358. The summed E-state index contributed by atoms with van der Waals surface area (Å²) in [5, 5.41) is 3.62. The van der Waals surface area contributed by atoms with Crippen LogP contribution in [0, 0.1) is 12.8 Å². The van der Waals surface area contributed by atoms with Crippen LogP contribution in [-0.2, 0) is 11.2 Å². The van der Waals surface area contributed by atoms with Gasteiger partial charge in [-0.2, -0.15) is 0 Å². The molecule has 2 heteroatoms. The van der Waals surface area contributed by atoms with Gasteiger partial charge in [-0.1, -0.05) is 36.8 Å². The molecule has 1 heterocycles. The molecule has 1 aromatic carbocycles. The van der Waals surface area contributed by atoms with E-state index in [2.05, 4.69) is 43.4 Å². The summed E-state index contributed by atoms with van der Waals surface area (Å²) in [6, 6.07) is 9.45. The molecule has 2 atom stereocenters. The molecule has 0 spiro atoms. The Morgan fingerprint density at radius 2 is 2.33 bits per heavy atom. The SMILES string of the molecule is CCNC(Cc1cccc(C)c1)CC1CCOC1. The predicted molar refractivity (Wildman–Crippen MR) is 75.9 cm³/mol. The van der Waals surface area contributed by atoms with Gasteiger partial charge in [0.2, 0.25) is 0 Å². The van der Waals surface area contributed by atoms with Crippen LogP contribution >= 0.6 is 0 Å². The Kier molecular flexibility index (Phi) is 5.21. The topological polar surface area (TPSA) is 21.3 Å². The number of rotatable bonds is 6. The highest BCUT2D eigenvalue weighted by Gasteiger charge is 2.20. The van der Waals surface area contributed by atoms with Gasteiger partial charge in [-0.25, -0.2) is 0 Å². The fourth-order valence-corrected chi connectivity index (χ4v) is 2.82. The minimum absolute atomic E-state index is 0.587. The van der Waals surface area contributed by atoms with Crippen molar-refractivity contribution < 1.29 is 4.74 Å². The van der Waals surface area contributed by atoms with Gasteiger partial charge in [0.15, 0.2) is 0 Å². The third kappa shape index (κ3) is 4.11. The van der Waals surface area contributed by atoms with Crippen molar-refractivity contribution in [1.82, 2.24) is 5.32 Å². The molecule has 1 aliphatic rings. The minimum Gasteiger partial charge on any atom is -0.381 e. The number of hydrogen-bond acceptors (Lipinski definition) is 2. The molecule has 2 rings (SSSR count). The lowest BCUT2D eigenvalue weighted by molar-refractivity contribution is 0.181. The van der Waals surface area contributed by atoms with Gasteiger partial charge in [0.25, 0.3) is 0 Å². The lowest BCUT2D eigenvalue weighted by Crippen LogP contribution is -2.33. The highest BCUT2D eigenvalue weighted by molar-refractivity contribution is 5.23. The van der Waals surface area contributed by atoms with E-state index in [-0.39, 0.29) is 0 Å². The van der Waals surface area contributed by atoms with Gasteiger partial charge < -0.3 is 10.1 Å². The van der Waals surface area contributed by atoms with E-state index in [0.717, 1.165) is 32.1 Å². The average Bonchev–Trinajstić information content (AvgIpc) is 2.82. The summed E-state index contributed by atoms with van der Waals surface area (Å²) in [4.78, 5) is 0. The van der Waals surface area contributed by atoms with Gasteiger partial charge in [-0.3, -0.25) is 0 Å². The third-order valence-electron chi connectivity index (χ3n) is 3.70. The molecule has 0 saturated carbocycles. The van der Waals surface area contributed by atoms with Crippen molar-refractivity contribution in [3.63, 3.8) is 0 Å². The minimum atomic E-state index is 0.587. The summed E-state index contributed by atoms with van der Waals surface area (Å²) in [6.45, 7) is 7.30. The Morgan fingerprint density at radius 3 is 3.00 bits per heavy atom. The van der Waals surface area contributed by atoms with E-state index in [1.807, 2.05) is 0 Å². The zero-order valence-corrected chi connectivity index (χ0v) is 11.6. The zero-order valence-electron chi connectivity index (χ0n) is 11.6. The molecular formula is C16H25NO. The fourth-order valence-electron chi connectivity index (χ4n) is 2.82. The first-order valence-corrected chi connectivity index (χ1v) is 7.14. The van der Waals surface area contributed by atoms with Crippen LogP contribution in [0.25, 0.3) is 0 Å². The van der Waals surface area contributed by atoms with Crippen molar-refractivity contribution in [2.45, 2.75) is 39.2 Å². The van der Waals surface area contributed by atoms with Crippen LogP contribution in [0.5, 0.6) is 0 Å². The first kappa shape index (κ1) is 13.6. The molecule has 0 amide bonds. The highest BCUT2D eigenvalue weighted by atomic mass is 16.5. The second-order valence-electron chi connectivity index (χ2n) is 5.41. The molecule has 1 fully saturated rings. The number of aryl methyl sites for hydroxylation is 1. The average molecular weight is 247 g/mol. The van der Waals surface area contributed by atoms with Crippen molar-refractivity contribution in [1.29, 1.82) is 0 Å². The number of ether oxygens (including phenoxy) is 1. The summed E-state index contributed by atoms with van der Waals surface area (Å²) in [5.74, 6) is 0.749. The van der Waals surface area contributed by atoms with E-state index in [1.54, 1.807) is 0 Å². The van der Waals surface area contributed by atoms with Gasteiger partial charge in [-0.05, 0) is 44.2 Å². The number of benzene rings is 1. The molecule has 0 radical (unpaired) electrons. The smallest absolute Gasteiger partial charge is 0.0495 e. The number of hydrogen-bond donors (Lipinski definition) is 1. The molecule has 1 N–H and O–H groups in total. The van der Waals surface area contributed by atoms with E-state index in [9.17, 15) is 0 Å².